The Bertz CT molecular complexity index is 1530. The Morgan fingerprint density at radius 1 is 0.461 bits per heavy atom. The monoisotopic (exact) mass is 1090 g/mol. The number of carbonyl (C=O) groups is 2. The molecule has 0 aromatic rings. The van der Waals surface area contributed by atoms with Gasteiger partial charge in [0.05, 0.1) is 33.8 Å². The number of quaternary nitrogens is 1. The van der Waals surface area contributed by atoms with E-state index in [4.69, 9.17) is 13.8 Å². The number of carbonyl (C=O) groups excluding carboxylic acids is 2. The van der Waals surface area contributed by atoms with Gasteiger partial charge in [-0.15, -0.1) is 0 Å². The van der Waals surface area contributed by atoms with Gasteiger partial charge in [-0.3, -0.25) is 18.6 Å². The van der Waals surface area contributed by atoms with E-state index in [0.29, 0.717) is 23.9 Å². The highest BCUT2D eigenvalue weighted by Crippen LogP contribution is 2.43. The van der Waals surface area contributed by atoms with Gasteiger partial charge in [0.25, 0.3) is 0 Å². The highest BCUT2D eigenvalue weighted by Gasteiger charge is 2.30. The molecule has 0 saturated heterocycles. The number of likely N-dealkylation sites (N-methyl/N-ethyl adjacent to an activating group) is 1. The lowest BCUT2D eigenvalue weighted by Gasteiger charge is -2.27. The Hall–Kier alpha value is -2.55. The lowest BCUT2D eigenvalue weighted by Crippen LogP contribution is -2.47. The number of rotatable bonds is 57. The third-order valence-corrected chi connectivity index (χ3v) is 14.9. The van der Waals surface area contributed by atoms with Crippen LogP contribution in [0.4, 0.5) is 0 Å². The van der Waals surface area contributed by atoms with Crippen molar-refractivity contribution in [2.75, 3.05) is 40.9 Å². The molecule has 0 aliphatic carbocycles. The Balaban J connectivity index is 5.16. The average molecular weight is 1090 g/mol. The number of esters is 1. The molecule has 442 valence electrons. The highest BCUT2D eigenvalue weighted by atomic mass is 31.2. The minimum atomic E-state index is -4.45. The number of amides is 1. The summed E-state index contributed by atoms with van der Waals surface area (Å²) in [6, 6.07) is -0.859. The summed E-state index contributed by atoms with van der Waals surface area (Å²) in [5.74, 6) is -0.528. The summed E-state index contributed by atoms with van der Waals surface area (Å²) in [5, 5.41) is 3.05. The van der Waals surface area contributed by atoms with Crippen molar-refractivity contribution < 1.29 is 37.3 Å². The van der Waals surface area contributed by atoms with E-state index in [1.165, 1.54) is 148 Å². The van der Waals surface area contributed by atoms with E-state index in [9.17, 15) is 19.0 Å². The van der Waals surface area contributed by atoms with Gasteiger partial charge in [0.15, 0.2) is 0 Å². The van der Waals surface area contributed by atoms with Crippen molar-refractivity contribution in [2.24, 2.45) is 0 Å². The predicted molar refractivity (Wildman–Crippen MR) is 328 cm³/mol. The molecule has 0 aliphatic rings. The summed E-state index contributed by atoms with van der Waals surface area (Å²) in [6.45, 7) is 6.97. The zero-order chi connectivity index (χ0) is 55.7. The minimum absolute atomic E-state index is 0.0349. The Morgan fingerprint density at radius 3 is 1.25 bits per heavy atom. The maximum atomic E-state index is 13.6. The molecule has 0 bridgehead atoms. The van der Waals surface area contributed by atoms with Crippen LogP contribution in [0.5, 0.6) is 0 Å². The van der Waals surface area contributed by atoms with Crippen LogP contribution in [0.3, 0.4) is 0 Å². The molecule has 2 N–H and O–H groups in total. The fourth-order valence-electron chi connectivity index (χ4n) is 8.92. The summed E-state index contributed by atoms with van der Waals surface area (Å²) in [5.41, 5.74) is 0. The number of allylic oxidation sites excluding steroid dienone is 11. The van der Waals surface area contributed by atoms with Crippen LogP contribution in [-0.4, -0.2) is 74.3 Å². The van der Waals surface area contributed by atoms with Crippen LogP contribution >= 0.6 is 7.82 Å². The van der Waals surface area contributed by atoms with E-state index >= 15 is 0 Å². The summed E-state index contributed by atoms with van der Waals surface area (Å²) in [6.07, 6.45) is 71.9. The fourth-order valence-corrected chi connectivity index (χ4v) is 9.65. The van der Waals surface area contributed by atoms with Crippen LogP contribution in [0.2, 0.25) is 0 Å². The maximum Gasteiger partial charge on any atom is 0.472 e. The topological polar surface area (TPSA) is 111 Å². The van der Waals surface area contributed by atoms with Crippen LogP contribution in [0.25, 0.3) is 0 Å². The van der Waals surface area contributed by atoms with Gasteiger partial charge in [-0.25, -0.2) is 4.57 Å². The van der Waals surface area contributed by atoms with Crippen molar-refractivity contribution in [3.05, 3.63) is 72.9 Å². The molecular weight excluding hydrogens is 964 g/mol. The molecule has 9 nitrogen and oxygen atoms in total. The van der Waals surface area contributed by atoms with Gasteiger partial charge in [0.1, 0.15) is 19.3 Å². The number of nitrogens with zero attached hydrogens (tertiary/aromatic N) is 1. The van der Waals surface area contributed by atoms with Crippen LogP contribution < -0.4 is 5.32 Å². The molecule has 1 amide bonds. The molecule has 0 saturated carbocycles. The molecule has 0 heterocycles. The molecule has 0 aromatic carbocycles. The van der Waals surface area contributed by atoms with Crippen molar-refractivity contribution in [3.63, 3.8) is 0 Å². The van der Waals surface area contributed by atoms with Crippen molar-refractivity contribution in [1.29, 1.82) is 0 Å². The predicted octanol–water partition coefficient (Wildman–Crippen LogP) is 19.6. The second-order valence-electron chi connectivity index (χ2n) is 22.6. The summed E-state index contributed by atoms with van der Waals surface area (Å²) in [7, 11) is 1.48. The molecule has 10 heteroatoms. The van der Waals surface area contributed by atoms with E-state index in [1.807, 2.05) is 33.3 Å². The van der Waals surface area contributed by atoms with Gasteiger partial charge in [0, 0.05) is 12.8 Å². The Kier molecular flexibility index (Phi) is 53.9. The van der Waals surface area contributed by atoms with Crippen molar-refractivity contribution in [3.8, 4) is 0 Å². The largest absolute Gasteiger partial charge is 0.472 e. The van der Waals surface area contributed by atoms with E-state index in [1.54, 1.807) is 0 Å². The summed E-state index contributed by atoms with van der Waals surface area (Å²) < 4.78 is 30.7. The smallest absolute Gasteiger partial charge is 0.456 e. The van der Waals surface area contributed by atoms with Gasteiger partial charge in [-0.2, -0.15) is 0 Å². The standard InChI is InChI=1S/C66H121N2O7P/c1-7-10-13-16-19-22-25-28-29-30-31-32-33-34-35-36-37-38-39-41-43-46-49-52-55-58-65(69)67-63(62-74-76(71,72)73-61-60-68(4,5)6)64(57-54-51-48-45-42-27-24-21-18-15-12-9-3)75-66(70)59-56-53-50-47-44-40-26-23-20-17-14-11-8-2/h19,22,28-29,31-32,34-35,40,44,54,57,63-64H,7-18,20-21,23-27,30,33,36-39,41-43,45-53,55-56,58-62H2,1-6H3,(H-,67,69,71,72)/p+1/b22-19-,29-28-,32-31-,35-34-,44-40-,57-54-. The van der Waals surface area contributed by atoms with E-state index in [0.717, 1.165) is 96.3 Å². The normalized spacial score (nSPS) is 14.1. The first-order chi connectivity index (χ1) is 36.9. The molecule has 0 fully saturated rings. The minimum Gasteiger partial charge on any atom is -0.456 e. The third-order valence-electron chi connectivity index (χ3n) is 13.9. The summed E-state index contributed by atoms with van der Waals surface area (Å²) in [4.78, 5) is 37.7. The molecule has 0 aromatic heterocycles. The highest BCUT2D eigenvalue weighted by molar-refractivity contribution is 7.47. The van der Waals surface area contributed by atoms with E-state index in [-0.39, 0.29) is 31.5 Å². The average Bonchev–Trinajstić information content (AvgIpc) is 3.38. The lowest BCUT2D eigenvalue weighted by atomic mass is 10.0. The first-order valence-electron chi connectivity index (χ1n) is 31.8. The Labute approximate surface area is 470 Å². The molecule has 0 rings (SSSR count). The van der Waals surface area contributed by atoms with Gasteiger partial charge < -0.3 is 19.4 Å². The third kappa shape index (κ3) is 56.2. The molecule has 0 aliphatic heterocycles. The number of hydrogen-bond acceptors (Lipinski definition) is 6. The molecule has 76 heavy (non-hydrogen) atoms. The van der Waals surface area contributed by atoms with Gasteiger partial charge in [-0.05, 0) is 102 Å². The lowest BCUT2D eigenvalue weighted by molar-refractivity contribution is -0.870. The maximum absolute atomic E-state index is 13.6. The van der Waals surface area contributed by atoms with E-state index < -0.39 is 20.0 Å². The van der Waals surface area contributed by atoms with Crippen LogP contribution in [0, 0.1) is 0 Å². The van der Waals surface area contributed by atoms with Crippen molar-refractivity contribution in [2.45, 2.75) is 296 Å². The molecule has 0 radical (unpaired) electrons. The fraction of sp³-hybridized carbons (Fsp3) is 0.788. The van der Waals surface area contributed by atoms with Crippen LogP contribution in [-0.2, 0) is 27.9 Å². The van der Waals surface area contributed by atoms with Gasteiger partial charge >= 0.3 is 13.8 Å². The number of phosphoric acid groups is 1. The van der Waals surface area contributed by atoms with Gasteiger partial charge in [-0.1, -0.05) is 242 Å². The molecule has 3 atom stereocenters. The zero-order valence-corrected chi connectivity index (χ0v) is 51.4. The van der Waals surface area contributed by atoms with Crippen LogP contribution in [0.15, 0.2) is 72.9 Å². The number of nitrogens with one attached hydrogen (secondary N) is 1. The first kappa shape index (κ1) is 73.5. The molecule has 3 unspecified atom stereocenters. The zero-order valence-electron chi connectivity index (χ0n) is 50.5. The Morgan fingerprint density at radius 2 is 0.803 bits per heavy atom. The van der Waals surface area contributed by atoms with Crippen molar-refractivity contribution >= 4 is 19.7 Å². The number of unbranched alkanes of at least 4 members (excludes halogenated alkanes) is 31. The quantitative estimate of drug-likeness (QED) is 0.0205. The van der Waals surface area contributed by atoms with Crippen molar-refractivity contribution in [1.82, 2.24) is 5.32 Å². The second kappa shape index (κ2) is 55.8. The molecular formula is C66H122N2O7P+. The molecule has 0 spiro atoms. The SMILES string of the molecule is CCCCC/C=C\C/C=C\C/C=C\C/C=C\CCCCCCCCCCCC(=O)NC(COP(=O)(O)OCC[N+](C)(C)C)C(/C=C\CCCCCCCCCCCC)OC(=O)CCCCC/C=C\CCCCCCCC. The second-order valence-corrected chi connectivity index (χ2v) is 24.0. The van der Waals surface area contributed by atoms with E-state index in [2.05, 4.69) is 86.8 Å². The summed E-state index contributed by atoms with van der Waals surface area (Å²) >= 11 is 0. The van der Waals surface area contributed by atoms with Crippen LogP contribution in [0.1, 0.15) is 284 Å². The number of hydrogen-bond donors (Lipinski definition) is 2. The van der Waals surface area contributed by atoms with Gasteiger partial charge in [0.2, 0.25) is 5.91 Å². The number of phosphoric ester groups is 1. The first-order valence-corrected chi connectivity index (χ1v) is 33.3. The number of ether oxygens (including phenoxy) is 1.